The maximum absolute atomic E-state index is 11.4. The van der Waals surface area contributed by atoms with Gasteiger partial charge >= 0.3 is 0 Å². The molecule has 0 aliphatic heterocycles. The molecule has 2 aromatic carbocycles. The third-order valence-corrected chi connectivity index (χ3v) is 5.57. The van der Waals surface area contributed by atoms with E-state index in [1.807, 2.05) is 42.5 Å². The Labute approximate surface area is 197 Å². The average molecular weight is 446 g/mol. The van der Waals surface area contributed by atoms with Crippen LogP contribution in [0.4, 0.5) is 5.82 Å². The number of hydrogen-bond donors (Lipinski definition) is 2. The number of benzene rings is 2. The first-order chi connectivity index (χ1) is 16.7. The lowest BCUT2D eigenvalue weighted by atomic mass is 9.97. The standard InChI is InChI=1S/C28H23N5O/c29-26(34)14-19-13-22(17-30-16-19)25-15-21-9-6-11-24(20-7-2-1-3-8-20)27(21)28(33-25)32-18-23-10-4-5-12-31-23/h1-13,15-17H,14,18H2,(H2,29,34)(H,32,33). The summed E-state index contributed by atoms with van der Waals surface area (Å²) < 4.78 is 0. The Balaban J connectivity index is 1.65. The number of nitrogens with zero attached hydrogens (tertiary/aromatic N) is 3. The largest absolute Gasteiger partial charge is 0.369 e. The van der Waals surface area contributed by atoms with Gasteiger partial charge in [-0.15, -0.1) is 0 Å². The van der Waals surface area contributed by atoms with E-state index in [4.69, 9.17) is 10.7 Å². The molecular weight excluding hydrogens is 422 g/mol. The van der Waals surface area contributed by atoms with Gasteiger partial charge in [0.25, 0.3) is 0 Å². The molecule has 0 radical (unpaired) electrons. The van der Waals surface area contributed by atoms with Gasteiger partial charge in [0.05, 0.1) is 24.4 Å². The summed E-state index contributed by atoms with van der Waals surface area (Å²) in [5.74, 6) is 0.369. The predicted molar refractivity (Wildman–Crippen MR) is 135 cm³/mol. The fraction of sp³-hybridized carbons (Fsp3) is 0.0714. The number of aromatic nitrogens is 3. The number of nitrogens with one attached hydrogen (secondary N) is 1. The lowest BCUT2D eigenvalue weighted by Gasteiger charge is -2.15. The zero-order chi connectivity index (χ0) is 23.3. The minimum Gasteiger partial charge on any atom is -0.369 e. The molecule has 1 amide bonds. The van der Waals surface area contributed by atoms with Crippen molar-refractivity contribution in [1.82, 2.24) is 15.0 Å². The van der Waals surface area contributed by atoms with Crippen LogP contribution in [0.15, 0.2) is 97.5 Å². The van der Waals surface area contributed by atoms with Crippen molar-refractivity contribution in [3.8, 4) is 22.4 Å². The minimum absolute atomic E-state index is 0.136. The summed E-state index contributed by atoms with van der Waals surface area (Å²) in [4.78, 5) is 25.1. The van der Waals surface area contributed by atoms with Gasteiger partial charge in [0.15, 0.2) is 0 Å². The third kappa shape index (κ3) is 4.61. The molecule has 5 rings (SSSR count). The monoisotopic (exact) mass is 445 g/mol. The first-order valence-corrected chi connectivity index (χ1v) is 11.0. The molecule has 0 saturated carbocycles. The van der Waals surface area contributed by atoms with Crippen molar-refractivity contribution in [2.75, 3.05) is 5.32 Å². The first-order valence-electron chi connectivity index (χ1n) is 11.0. The Kier molecular flexibility index (Phi) is 5.95. The molecule has 0 bridgehead atoms. The van der Waals surface area contributed by atoms with Gasteiger partial charge in [0.2, 0.25) is 5.91 Å². The number of anilines is 1. The van der Waals surface area contributed by atoms with E-state index in [1.54, 1.807) is 18.6 Å². The molecular formula is C28H23N5O. The van der Waals surface area contributed by atoms with Crippen LogP contribution < -0.4 is 11.1 Å². The van der Waals surface area contributed by atoms with Crippen LogP contribution in [0.25, 0.3) is 33.2 Å². The minimum atomic E-state index is -0.393. The summed E-state index contributed by atoms with van der Waals surface area (Å²) in [6.45, 7) is 0.537. The number of pyridine rings is 3. The van der Waals surface area contributed by atoms with Gasteiger partial charge in [-0.1, -0.05) is 54.6 Å². The maximum Gasteiger partial charge on any atom is 0.221 e. The number of nitrogens with two attached hydrogens (primary N) is 1. The number of carbonyl (C=O) groups is 1. The molecule has 34 heavy (non-hydrogen) atoms. The second-order valence-electron chi connectivity index (χ2n) is 8.03. The normalized spacial score (nSPS) is 10.8. The van der Waals surface area contributed by atoms with E-state index in [0.717, 1.165) is 50.2 Å². The van der Waals surface area contributed by atoms with E-state index in [-0.39, 0.29) is 6.42 Å². The van der Waals surface area contributed by atoms with Crippen molar-refractivity contribution in [3.63, 3.8) is 0 Å². The zero-order valence-corrected chi connectivity index (χ0v) is 18.5. The molecule has 3 N–H and O–H groups in total. The van der Waals surface area contributed by atoms with Crippen LogP contribution in [-0.2, 0) is 17.8 Å². The molecule has 0 unspecified atom stereocenters. The van der Waals surface area contributed by atoms with Crippen molar-refractivity contribution in [3.05, 3.63) is 109 Å². The number of primary amides is 1. The highest BCUT2D eigenvalue weighted by atomic mass is 16.1. The maximum atomic E-state index is 11.4. The molecule has 166 valence electrons. The van der Waals surface area contributed by atoms with Crippen molar-refractivity contribution in [2.24, 2.45) is 5.73 Å². The van der Waals surface area contributed by atoms with E-state index in [1.165, 1.54) is 0 Å². The number of fused-ring (bicyclic) bond motifs is 1. The summed E-state index contributed by atoms with van der Waals surface area (Å²) >= 11 is 0. The van der Waals surface area contributed by atoms with Gasteiger partial charge in [0.1, 0.15) is 5.82 Å². The summed E-state index contributed by atoms with van der Waals surface area (Å²) in [7, 11) is 0. The predicted octanol–water partition coefficient (Wildman–Crippen LogP) is 5.00. The van der Waals surface area contributed by atoms with Crippen molar-refractivity contribution >= 4 is 22.5 Å². The fourth-order valence-electron chi connectivity index (χ4n) is 4.05. The molecule has 0 spiro atoms. The molecule has 3 aromatic heterocycles. The highest BCUT2D eigenvalue weighted by Gasteiger charge is 2.14. The molecule has 0 fully saturated rings. The van der Waals surface area contributed by atoms with Crippen LogP contribution in [0.5, 0.6) is 0 Å². The van der Waals surface area contributed by atoms with Crippen molar-refractivity contribution in [1.29, 1.82) is 0 Å². The van der Waals surface area contributed by atoms with E-state index in [2.05, 4.69) is 51.7 Å². The molecule has 0 saturated heterocycles. The molecule has 0 aliphatic rings. The van der Waals surface area contributed by atoms with E-state index in [0.29, 0.717) is 6.54 Å². The second kappa shape index (κ2) is 9.50. The number of amides is 1. The zero-order valence-electron chi connectivity index (χ0n) is 18.5. The smallest absolute Gasteiger partial charge is 0.221 e. The Bertz CT molecular complexity index is 1450. The lowest BCUT2D eigenvalue weighted by molar-refractivity contribution is -0.117. The van der Waals surface area contributed by atoms with Crippen molar-refractivity contribution in [2.45, 2.75) is 13.0 Å². The highest BCUT2D eigenvalue weighted by molar-refractivity contribution is 6.05. The quantitative estimate of drug-likeness (QED) is 0.368. The molecule has 3 heterocycles. The third-order valence-electron chi connectivity index (χ3n) is 5.57. The first kappa shape index (κ1) is 21.3. The van der Waals surface area contributed by atoms with Crippen LogP contribution >= 0.6 is 0 Å². The molecule has 0 atom stereocenters. The summed E-state index contributed by atoms with van der Waals surface area (Å²) in [5.41, 5.74) is 10.9. The highest BCUT2D eigenvalue weighted by Crippen LogP contribution is 2.35. The summed E-state index contributed by atoms with van der Waals surface area (Å²) in [5, 5.41) is 5.59. The van der Waals surface area contributed by atoms with Crippen LogP contribution in [0.2, 0.25) is 0 Å². The van der Waals surface area contributed by atoms with E-state index < -0.39 is 5.91 Å². The Hall–Kier alpha value is -4.58. The second-order valence-corrected chi connectivity index (χ2v) is 8.03. The van der Waals surface area contributed by atoms with Gasteiger partial charge in [-0.05, 0) is 46.3 Å². The SMILES string of the molecule is NC(=O)Cc1cncc(-c2cc3cccc(-c4ccccc4)c3c(NCc3ccccn3)n2)c1. The van der Waals surface area contributed by atoms with Crippen LogP contribution in [-0.4, -0.2) is 20.9 Å². The van der Waals surface area contributed by atoms with Crippen molar-refractivity contribution < 1.29 is 4.79 Å². The van der Waals surface area contributed by atoms with Crippen LogP contribution in [0.1, 0.15) is 11.3 Å². The van der Waals surface area contributed by atoms with Gasteiger partial charge in [-0.2, -0.15) is 0 Å². The van der Waals surface area contributed by atoms with Gasteiger partial charge < -0.3 is 11.1 Å². The number of carbonyl (C=O) groups excluding carboxylic acids is 1. The molecule has 0 aliphatic carbocycles. The Morgan fingerprint density at radius 1 is 0.882 bits per heavy atom. The van der Waals surface area contributed by atoms with E-state index in [9.17, 15) is 4.79 Å². The number of rotatable bonds is 7. The Morgan fingerprint density at radius 2 is 1.74 bits per heavy atom. The average Bonchev–Trinajstić information content (AvgIpc) is 2.87. The fourth-order valence-corrected chi connectivity index (χ4v) is 4.05. The van der Waals surface area contributed by atoms with Crippen LogP contribution in [0, 0.1) is 0 Å². The molecule has 5 aromatic rings. The van der Waals surface area contributed by atoms with Gasteiger partial charge in [-0.3, -0.25) is 14.8 Å². The summed E-state index contributed by atoms with van der Waals surface area (Å²) in [6.07, 6.45) is 5.33. The lowest BCUT2D eigenvalue weighted by Crippen LogP contribution is -2.13. The van der Waals surface area contributed by atoms with Crippen LogP contribution in [0.3, 0.4) is 0 Å². The molecule has 6 nitrogen and oxygen atoms in total. The Morgan fingerprint density at radius 3 is 2.53 bits per heavy atom. The molecule has 6 heteroatoms. The van der Waals surface area contributed by atoms with Gasteiger partial charge in [-0.25, -0.2) is 4.98 Å². The van der Waals surface area contributed by atoms with Gasteiger partial charge in [0, 0.05) is 29.5 Å². The summed E-state index contributed by atoms with van der Waals surface area (Å²) in [6, 6.07) is 26.3. The van der Waals surface area contributed by atoms with E-state index >= 15 is 0 Å². The topological polar surface area (TPSA) is 93.8 Å². The number of hydrogen-bond acceptors (Lipinski definition) is 5.